The molecular formula is C17H16O3. The second-order valence-corrected chi connectivity index (χ2v) is 5.17. The molecule has 3 rings (SSSR count). The summed E-state index contributed by atoms with van der Waals surface area (Å²) in [4.78, 5) is 10.9. The second-order valence-electron chi connectivity index (χ2n) is 5.17. The SMILES string of the molecule is Cc1cc(C(=O)O)ccc1Oc1ccc2c(c1)CCC2. The smallest absolute Gasteiger partial charge is 0.335 e. The maximum Gasteiger partial charge on any atom is 0.335 e. The van der Waals surface area contributed by atoms with Crippen molar-refractivity contribution in [3.63, 3.8) is 0 Å². The van der Waals surface area contributed by atoms with Crippen LogP contribution in [0.2, 0.25) is 0 Å². The van der Waals surface area contributed by atoms with Gasteiger partial charge in [-0.2, -0.15) is 0 Å². The second kappa shape index (κ2) is 5.00. The van der Waals surface area contributed by atoms with E-state index in [1.165, 1.54) is 17.5 Å². The Bertz CT molecular complexity index is 674. The average molecular weight is 268 g/mol. The topological polar surface area (TPSA) is 46.5 Å². The summed E-state index contributed by atoms with van der Waals surface area (Å²) in [5.74, 6) is 0.599. The fourth-order valence-electron chi connectivity index (χ4n) is 2.64. The van der Waals surface area contributed by atoms with Gasteiger partial charge in [-0.3, -0.25) is 0 Å². The molecule has 0 saturated heterocycles. The van der Waals surface area contributed by atoms with E-state index < -0.39 is 5.97 Å². The largest absolute Gasteiger partial charge is 0.478 e. The number of benzene rings is 2. The van der Waals surface area contributed by atoms with Crippen LogP contribution in [0, 0.1) is 6.92 Å². The Balaban J connectivity index is 1.86. The molecule has 0 heterocycles. The number of hydrogen-bond donors (Lipinski definition) is 1. The summed E-state index contributed by atoms with van der Waals surface area (Å²) in [6.45, 7) is 1.86. The number of hydrogen-bond acceptors (Lipinski definition) is 2. The summed E-state index contributed by atoms with van der Waals surface area (Å²) < 4.78 is 5.88. The van der Waals surface area contributed by atoms with Gasteiger partial charge in [0, 0.05) is 0 Å². The minimum Gasteiger partial charge on any atom is -0.478 e. The Morgan fingerprint density at radius 3 is 2.65 bits per heavy atom. The van der Waals surface area contributed by atoms with Crippen LogP contribution in [0.25, 0.3) is 0 Å². The molecule has 0 fully saturated rings. The summed E-state index contributed by atoms with van der Waals surface area (Å²) in [6, 6.07) is 11.1. The fraction of sp³-hybridized carbons (Fsp3) is 0.235. The van der Waals surface area contributed by atoms with Gasteiger partial charge < -0.3 is 9.84 Å². The molecule has 0 aliphatic heterocycles. The molecule has 0 spiro atoms. The number of rotatable bonds is 3. The van der Waals surface area contributed by atoms with E-state index in [1.54, 1.807) is 18.2 Å². The standard InChI is InChI=1S/C17H16O3/c1-11-9-14(17(18)19)6-8-16(11)20-15-7-5-12-3-2-4-13(12)10-15/h5-10H,2-4H2,1H3,(H,18,19). The molecule has 0 saturated carbocycles. The maximum atomic E-state index is 10.9. The van der Waals surface area contributed by atoms with E-state index in [1.807, 2.05) is 13.0 Å². The summed E-state index contributed by atoms with van der Waals surface area (Å²) in [5, 5.41) is 8.95. The average Bonchev–Trinajstić information content (AvgIpc) is 2.88. The van der Waals surface area contributed by atoms with Crippen LogP contribution in [0.15, 0.2) is 36.4 Å². The Morgan fingerprint density at radius 1 is 1.10 bits per heavy atom. The van der Waals surface area contributed by atoms with Crippen molar-refractivity contribution in [2.24, 2.45) is 0 Å². The first kappa shape index (κ1) is 12.7. The Kier molecular flexibility index (Phi) is 3.18. The van der Waals surface area contributed by atoms with Crippen LogP contribution in [0.3, 0.4) is 0 Å². The molecule has 1 aliphatic rings. The van der Waals surface area contributed by atoms with Gasteiger partial charge in [0.2, 0.25) is 0 Å². The van der Waals surface area contributed by atoms with Crippen molar-refractivity contribution in [2.45, 2.75) is 26.2 Å². The normalized spacial score (nSPS) is 13.1. The van der Waals surface area contributed by atoms with Crippen molar-refractivity contribution in [1.29, 1.82) is 0 Å². The van der Waals surface area contributed by atoms with Gasteiger partial charge in [0.1, 0.15) is 11.5 Å². The summed E-state index contributed by atoms with van der Waals surface area (Å²) >= 11 is 0. The molecule has 2 aromatic carbocycles. The van der Waals surface area contributed by atoms with E-state index >= 15 is 0 Å². The molecule has 3 heteroatoms. The fourth-order valence-corrected chi connectivity index (χ4v) is 2.64. The van der Waals surface area contributed by atoms with Crippen LogP contribution in [-0.4, -0.2) is 11.1 Å². The van der Waals surface area contributed by atoms with Crippen molar-refractivity contribution in [2.75, 3.05) is 0 Å². The van der Waals surface area contributed by atoms with E-state index in [2.05, 4.69) is 12.1 Å². The minimum atomic E-state index is -0.919. The monoisotopic (exact) mass is 268 g/mol. The Hall–Kier alpha value is -2.29. The lowest BCUT2D eigenvalue weighted by Gasteiger charge is -2.10. The number of ether oxygens (including phenoxy) is 1. The molecule has 0 amide bonds. The molecule has 0 unspecified atom stereocenters. The summed E-state index contributed by atoms with van der Waals surface area (Å²) in [6.07, 6.45) is 3.48. The quantitative estimate of drug-likeness (QED) is 0.916. The van der Waals surface area contributed by atoms with Crippen LogP contribution in [0.4, 0.5) is 0 Å². The molecule has 20 heavy (non-hydrogen) atoms. The van der Waals surface area contributed by atoms with Gasteiger partial charge in [-0.25, -0.2) is 4.79 Å². The number of carbonyl (C=O) groups is 1. The van der Waals surface area contributed by atoms with Crippen LogP contribution in [0.1, 0.15) is 33.5 Å². The first-order valence-electron chi connectivity index (χ1n) is 6.77. The highest BCUT2D eigenvalue weighted by Crippen LogP contribution is 2.30. The van der Waals surface area contributed by atoms with Gasteiger partial charge in [0.15, 0.2) is 0 Å². The number of carboxylic acid groups (broad SMARTS) is 1. The lowest BCUT2D eigenvalue weighted by atomic mass is 10.1. The molecule has 0 radical (unpaired) electrons. The molecule has 1 N–H and O–H groups in total. The lowest BCUT2D eigenvalue weighted by molar-refractivity contribution is 0.0697. The number of carboxylic acids is 1. The third-order valence-corrected chi connectivity index (χ3v) is 3.72. The zero-order chi connectivity index (χ0) is 14.1. The van der Waals surface area contributed by atoms with Crippen molar-refractivity contribution < 1.29 is 14.6 Å². The molecule has 2 aromatic rings. The van der Waals surface area contributed by atoms with E-state index in [9.17, 15) is 4.79 Å². The van der Waals surface area contributed by atoms with Gasteiger partial charge in [0.25, 0.3) is 0 Å². The third kappa shape index (κ3) is 2.39. The number of aromatic carboxylic acids is 1. The molecule has 0 atom stereocenters. The van der Waals surface area contributed by atoms with Crippen molar-refractivity contribution in [1.82, 2.24) is 0 Å². The lowest BCUT2D eigenvalue weighted by Crippen LogP contribution is -1.97. The van der Waals surface area contributed by atoms with Crippen LogP contribution in [-0.2, 0) is 12.8 Å². The van der Waals surface area contributed by atoms with E-state index in [0.717, 1.165) is 24.2 Å². The minimum absolute atomic E-state index is 0.281. The first-order valence-corrected chi connectivity index (χ1v) is 6.77. The predicted octanol–water partition coefficient (Wildman–Crippen LogP) is 3.97. The van der Waals surface area contributed by atoms with Gasteiger partial charge in [-0.15, -0.1) is 0 Å². The van der Waals surface area contributed by atoms with Crippen molar-refractivity contribution in [3.8, 4) is 11.5 Å². The zero-order valence-corrected chi connectivity index (χ0v) is 11.3. The van der Waals surface area contributed by atoms with Crippen LogP contribution >= 0.6 is 0 Å². The molecule has 1 aliphatic carbocycles. The van der Waals surface area contributed by atoms with E-state index in [-0.39, 0.29) is 5.56 Å². The van der Waals surface area contributed by atoms with E-state index in [4.69, 9.17) is 9.84 Å². The molecule has 3 nitrogen and oxygen atoms in total. The summed E-state index contributed by atoms with van der Waals surface area (Å²) in [5.41, 5.74) is 3.88. The molecule has 0 aromatic heterocycles. The van der Waals surface area contributed by atoms with Crippen molar-refractivity contribution in [3.05, 3.63) is 58.7 Å². The highest BCUT2D eigenvalue weighted by Gasteiger charge is 2.12. The highest BCUT2D eigenvalue weighted by atomic mass is 16.5. The number of aryl methyl sites for hydroxylation is 3. The maximum absolute atomic E-state index is 10.9. The van der Waals surface area contributed by atoms with Gasteiger partial charge in [-0.1, -0.05) is 6.07 Å². The Labute approximate surface area is 117 Å². The number of fused-ring (bicyclic) bond motifs is 1. The van der Waals surface area contributed by atoms with Gasteiger partial charge in [0.05, 0.1) is 5.56 Å². The molecule has 102 valence electrons. The third-order valence-electron chi connectivity index (χ3n) is 3.72. The first-order chi connectivity index (χ1) is 9.63. The predicted molar refractivity (Wildman–Crippen MR) is 76.7 cm³/mol. The van der Waals surface area contributed by atoms with Gasteiger partial charge in [-0.05, 0) is 73.2 Å². The zero-order valence-electron chi connectivity index (χ0n) is 11.3. The van der Waals surface area contributed by atoms with Crippen LogP contribution in [0.5, 0.6) is 11.5 Å². The van der Waals surface area contributed by atoms with Crippen molar-refractivity contribution >= 4 is 5.97 Å². The Morgan fingerprint density at radius 2 is 1.90 bits per heavy atom. The van der Waals surface area contributed by atoms with E-state index in [0.29, 0.717) is 5.75 Å². The highest BCUT2D eigenvalue weighted by molar-refractivity contribution is 5.88. The summed E-state index contributed by atoms with van der Waals surface area (Å²) in [7, 11) is 0. The molecular weight excluding hydrogens is 252 g/mol. The van der Waals surface area contributed by atoms with Gasteiger partial charge >= 0.3 is 5.97 Å². The molecule has 0 bridgehead atoms. The van der Waals surface area contributed by atoms with Crippen LogP contribution < -0.4 is 4.74 Å².